The molecule has 2 heterocycles. The number of ether oxygens (including phenoxy) is 1. The van der Waals surface area contributed by atoms with Crippen LogP contribution in [0.5, 0.6) is 0 Å². The zero-order chi connectivity index (χ0) is 20.5. The lowest BCUT2D eigenvalue weighted by Crippen LogP contribution is -2.26. The van der Waals surface area contributed by atoms with Crippen molar-refractivity contribution < 1.29 is 14.3 Å². The summed E-state index contributed by atoms with van der Waals surface area (Å²) in [5, 5.41) is 12.4. The number of hydrogen-bond acceptors (Lipinski definition) is 8. The second kappa shape index (κ2) is 8.51. The van der Waals surface area contributed by atoms with Crippen molar-refractivity contribution in [1.82, 2.24) is 10.2 Å². The number of thioether (sulfide) groups is 1. The van der Waals surface area contributed by atoms with Gasteiger partial charge in [-0.1, -0.05) is 43.9 Å². The summed E-state index contributed by atoms with van der Waals surface area (Å²) in [7, 11) is 1.38. The molecule has 3 rings (SSSR count). The molecule has 0 saturated carbocycles. The van der Waals surface area contributed by atoms with E-state index in [1.54, 1.807) is 0 Å². The third-order valence-corrected chi connectivity index (χ3v) is 8.11. The van der Waals surface area contributed by atoms with E-state index in [2.05, 4.69) is 36.3 Å². The number of anilines is 1. The van der Waals surface area contributed by atoms with Crippen molar-refractivity contribution in [2.45, 2.75) is 51.3 Å². The highest BCUT2D eigenvalue weighted by Gasteiger charge is 2.34. The number of carbonyl (C=O) groups excluding carboxylic acids is 2. The molecule has 28 heavy (non-hydrogen) atoms. The van der Waals surface area contributed by atoms with Crippen LogP contribution in [-0.2, 0) is 22.4 Å². The van der Waals surface area contributed by atoms with Gasteiger partial charge in [0.25, 0.3) is 0 Å². The molecule has 1 aliphatic rings. The monoisotopic (exact) mass is 439 g/mol. The van der Waals surface area contributed by atoms with E-state index in [1.165, 1.54) is 46.4 Å². The van der Waals surface area contributed by atoms with Crippen LogP contribution in [0.2, 0.25) is 0 Å². The number of amides is 1. The zero-order valence-corrected chi connectivity index (χ0v) is 19.2. The van der Waals surface area contributed by atoms with E-state index in [0.717, 1.165) is 34.2 Å². The van der Waals surface area contributed by atoms with Crippen LogP contribution in [-0.4, -0.2) is 34.9 Å². The topological polar surface area (TPSA) is 81.2 Å². The molecule has 0 aliphatic heterocycles. The summed E-state index contributed by atoms with van der Waals surface area (Å²) in [6, 6.07) is 0. The minimum Gasteiger partial charge on any atom is -0.465 e. The first-order valence-electron chi connectivity index (χ1n) is 9.14. The number of aromatic nitrogens is 2. The Bertz CT molecular complexity index is 883. The van der Waals surface area contributed by atoms with Gasteiger partial charge in [-0.25, -0.2) is 4.79 Å². The molecule has 0 radical (unpaired) electrons. The highest BCUT2D eigenvalue weighted by atomic mass is 32.2. The van der Waals surface area contributed by atoms with Gasteiger partial charge in [0.15, 0.2) is 4.34 Å². The Morgan fingerprint density at radius 3 is 2.64 bits per heavy atom. The second-order valence-electron chi connectivity index (χ2n) is 7.93. The third kappa shape index (κ3) is 4.75. The number of thiophene rings is 1. The average molecular weight is 440 g/mol. The van der Waals surface area contributed by atoms with Gasteiger partial charge in [0.2, 0.25) is 5.91 Å². The van der Waals surface area contributed by atoms with Gasteiger partial charge in [-0.3, -0.25) is 4.79 Å². The minimum absolute atomic E-state index is 0.158. The lowest BCUT2D eigenvalue weighted by Gasteiger charge is -2.33. The van der Waals surface area contributed by atoms with Crippen LogP contribution in [0.4, 0.5) is 5.00 Å². The molecule has 0 saturated heterocycles. The number of nitrogens with zero attached hydrogens (tertiary/aromatic N) is 2. The fourth-order valence-electron chi connectivity index (χ4n) is 3.36. The molecule has 1 aliphatic carbocycles. The van der Waals surface area contributed by atoms with Gasteiger partial charge in [-0.05, 0) is 43.1 Å². The maximum atomic E-state index is 12.5. The third-order valence-electron chi connectivity index (χ3n) is 4.97. The highest BCUT2D eigenvalue weighted by molar-refractivity contribution is 8.01. The number of nitrogens with one attached hydrogen (secondary N) is 1. The maximum absolute atomic E-state index is 12.5. The van der Waals surface area contributed by atoms with Crippen molar-refractivity contribution in [1.29, 1.82) is 0 Å². The predicted molar refractivity (Wildman–Crippen MR) is 115 cm³/mol. The number of hydrogen-bond donors (Lipinski definition) is 1. The van der Waals surface area contributed by atoms with Crippen molar-refractivity contribution in [2.75, 3.05) is 18.2 Å². The van der Waals surface area contributed by atoms with E-state index in [0.29, 0.717) is 16.5 Å². The van der Waals surface area contributed by atoms with Crippen LogP contribution in [0, 0.1) is 18.3 Å². The summed E-state index contributed by atoms with van der Waals surface area (Å²) in [6.45, 7) is 8.65. The first kappa shape index (κ1) is 21.3. The van der Waals surface area contributed by atoms with E-state index in [4.69, 9.17) is 4.74 Å². The van der Waals surface area contributed by atoms with Gasteiger partial charge in [0, 0.05) is 4.88 Å². The van der Waals surface area contributed by atoms with Gasteiger partial charge in [0.05, 0.1) is 18.4 Å². The quantitative estimate of drug-likeness (QED) is 0.543. The number of esters is 1. The van der Waals surface area contributed by atoms with Crippen molar-refractivity contribution in [2.24, 2.45) is 11.3 Å². The van der Waals surface area contributed by atoms with Gasteiger partial charge in [-0.2, -0.15) is 0 Å². The summed E-state index contributed by atoms with van der Waals surface area (Å²) in [5.41, 5.74) is 1.78. The van der Waals surface area contributed by atoms with Crippen LogP contribution in [0.25, 0.3) is 0 Å². The van der Waals surface area contributed by atoms with Crippen LogP contribution in [0.15, 0.2) is 4.34 Å². The Hall–Kier alpha value is -1.45. The fraction of sp³-hybridized carbons (Fsp3) is 0.579. The van der Waals surface area contributed by atoms with Crippen molar-refractivity contribution >= 4 is 51.3 Å². The molecular formula is C19H25N3O3S3. The normalized spacial score (nSPS) is 16.5. The number of fused-ring (bicyclic) bond motifs is 1. The Balaban J connectivity index is 1.77. The number of rotatable bonds is 5. The second-order valence-corrected chi connectivity index (χ2v) is 11.4. The summed E-state index contributed by atoms with van der Waals surface area (Å²) in [6.07, 6.45) is 2.81. The lowest BCUT2D eigenvalue weighted by atomic mass is 9.72. The molecule has 0 unspecified atom stereocenters. The molecule has 0 bridgehead atoms. The maximum Gasteiger partial charge on any atom is 0.341 e. The summed E-state index contributed by atoms with van der Waals surface area (Å²) >= 11 is 4.32. The largest absolute Gasteiger partial charge is 0.465 e. The minimum atomic E-state index is -0.380. The molecule has 2 aromatic heterocycles. The molecule has 1 atom stereocenters. The predicted octanol–water partition coefficient (Wildman–Crippen LogP) is 4.58. The van der Waals surface area contributed by atoms with Crippen LogP contribution >= 0.6 is 34.4 Å². The standard InChI is InChI=1S/C19H25N3O3S3/c1-10-21-22-18(27-10)26-9-14(23)20-16-15(17(24)25-5)12-7-6-11(19(2,3)4)8-13(12)28-16/h11H,6-9H2,1-5H3,(H,20,23)/t11-/m1/s1. The Kier molecular flexibility index (Phi) is 6.46. The fourth-order valence-corrected chi connectivity index (χ4v) is 6.31. The smallest absolute Gasteiger partial charge is 0.341 e. The number of aryl methyl sites for hydroxylation is 1. The lowest BCUT2D eigenvalue weighted by molar-refractivity contribution is -0.113. The van der Waals surface area contributed by atoms with Crippen molar-refractivity contribution in [3.8, 4) is 0 Å². The van der Waals surface area contributed by atoms with Gasteiger partial charge in [0.1, 0.15) is 10.0 Å². The Morgan fingerprint density at radius 1 is 1.29 bits per heavy atom. The Morgan fingerprint density at radius 2 is 2.04 bits per heavy atom. The molecule has 0 fully saturated rings. The van der Waals surface area contributed by atoms with Crippen LogP contribution in [0.1, 0.15) is 53.0 Å². The van der Waals surface area contributed by atoms with E-state index in [9.17, 15) is 9.59 Å². The molecular weight excluding hydrogens is 414 g/mol. The van der Waals surface area contributed by atoms with Crippen LogP contribution in [0.3, 0.4) is 0 Å². The summed E-state index contributed by atoms with van der Waals surface area (Å²) in [4.78, 5) is 26.1. The molecule has 1 N–H and O–H groups in total. The molecule has 6 nitrogen and oxygen atoms in total. The van der Waals surface area contributed by atoms with E-state index >= 15 is 0 Å². The molecule has 2 aromatic rings. The van der Waals surface area contributed by atoms with Gasteiger partial charge in [-0.15, -0.1) is 21.5 Å². The van der Waals surface area contributed by atoms with Crippen molar-refractivity contribution in [3.63, 3.8) is 0 Å². The molecule has 0 spiro atoms. The average Bonchev–Trinajstić information content (AvgIpc) is 3.20. The van der Waals surface area contributed by atoms with E-state index in [-0.39, 0.29) is 23.0 Å². The zero-order valence-electron chi connectivity index (χ0n) is 16.7. The van der Waals surface area contributed by atoms with Gasteiger partial charge < -0.3 is 10.1 Å². The molecule has 0 aromatic carbocycles. The summed E-state index contributed by atoms with van der Waals surface area (Å²) < 4.78 is 5.77. The van der Waals surface area contributed by atoms with Gasteiger partial charge >= 0.3 is 5.97 Å². The first-order valence-corrected chi connectivity index (χ1v) is 11.8. The Labute approximate surface area is 177 Å². The number of methoxy groups -OCH3 is 1. The SMILES string of the molecule is COC(=O)c1c(NC(=O)CSc2nnc(C)s2)sc2c1CC[C@@H](C(C)(C)C)C2. The molecule has 1 amide bonds. The number of carbonyl (C=O) groups is 2. The first-order chi connectivity index (χ1) is 13.2. The van der Waals surface area contributed by atoms with E-state index < -0.39 is 0 Å². The summed E-state index contributed by atoms with van der Waals surface area (Å²) in [5.74, 6) is 0.245. The highest BCUT2D eigenvalue weighted by Crippen LogP contribution is 2.44. The van der Waals surface area contributed by atoms with Crippen LogP contribution < -0.4 is 5.32 Å². The molecule has 152 valence electrons. The van der Waals surface area contributed by atoms with E-state index in [1.807, 2.05) is 6.92 Å². The van der Waals surface area contributed by atoms with Crippen molar-refractivity contribution in [3.05, 3.63) is 21.0 Å². The molecule has 9 heteroatoms.